The van der Waals surface area contributed by atoms with Crippen LogP contribution in [-0.4, -0.2) is 26.3 Å². The molecule has 0 aliphatic carbocycles. The van der Waals surface area contributed by atoms with Crippen LogP contribution in [-0.2, 0) is 16.1 Å². The molecule has 0 aromatic carbocycles. The number of nitrogens with zero attached hydrogens (tertiary/aromatic N) is 3. The van der Waals surface area contributed by atoms with Crippen molar-refractivity contribution in [3.8, 4) is 0 Å². The Balaban J connectivity index is 2.78. The minimum atomic E-state index is -0.591. The van der Waals surface area contributed by atoms with Gasteiger partial charge in [-0.05, 0) is 20.8 Å². The van der Waals surface area contributed by atoms with E-state index in [1.54, 1.807) is 20.8 Å². The van der Waals surface area contributed by atoms with Crippen molar-refractivity contribution in [3.05, 3.63) is 16.7 Å². The number of hydrogen-bond acceptors (Lipinski definition) is 6. The molecular weight excluding hydrogens is 212 g/mol. The van der Waals surface area contributed by atoms with Gasteiger partial charge in [-0.3, -0.25) is 14.2 Å². The second kappa shape index (κ2) is 4.30. The molecule has 0 saturated heterocycles. The van der Waals surface area contributed by atoms with Gasteiger partial charge in [0.25, 0.3) is 5.56 Å². The molecule has 88 valence electrons. The highest BCUT2D eigenvalue weighted by Gasteiger charge is 2.17. The molecule has 7 nitrogen and oxygen atoms in total. The van der Waals surface area contributed by atoms with Crippen LogP contribution in [0.3, 0.4) is 0 Å². The summed E-state index contributed by atoms with van der Waals surface area (Å²) >= 11 is 0. The summed E-state index contributed by atoms with van der Waals surface area (Å²) in [6.45, 7) is 5.00. The van der Waals surface area contributed by atoms with Gasteiger partial charge in [0.2, 0.25) is 5.82 Å². The van der Waals surface area contributed by atoms with Gasteiger partial charge in [-0.25, -0.2) is 0 Å². The number of rotatable bonds is 2. The van der Waals surface area contributed by atoms with Gasteiger partial charge in [0.1, 0.15) is 18.5 Å². The lowest BCUT2D eigenvalue weighted by Gasteiger charge is -2.19. The summed E-state index contributed by atoms with van der Waals surface area (Å²) in [6.07, 6.45) is 1.14. The van der Waals surface area contributed by atoms with Crippen LogP contribution in [0, 0.1) is 0 Å². The Kier molecular flexibility index (Phi) is 3.26. The molecule has 1 aromatic rings. The summed E-state index contributed by atoms with van der Waals surface area (Å²) in [5.74, 6) is -0.770. The molecule has 1 aromatic heterocycles. The zero-order chi connectivity index (χ0) is 12.3. The van der Waals surface area contributed by atoms with Crippen molar-refractivity contribution >= 4 is 11.8 Å². The number of carbonyl (C=O) groups is 1. The lowest BCUT2D eigenvalue weighted by atomic mass is 10.2. The third-order valence-electron chi connectivity index (χ3n) is 1.56. The molecule has 16 heavy (non-hydrogen) atoms. The van der Waals surface area contributed by atoms with E-state index in [2.05, 4.69) is 10.2 Å². The molecule has 0 bridgehead atoms. The number of anilines is 1. The van der Waals surface area contributed by atoms with Gasteiger partial charge >= 0.3 is 5.97 Å². The van der Waals surface area contributed by atoms with Crippen molar-refractivity contribution in [2.75, 3.05) is 5.73 Å². The predicted molar refractivity (Wildman–Crippen MR) is 56.5 cm³/mol. The average molecular weight is 226 g/mol. The van der Waals surface area contributed by atoms with Crippen LogP contribution in [0.2, 0.25) is 0 Å². The van der Waals surface area contributed by atoms with Gasteiger partial charge in [-0.2, -0.15) is 0 Å². The first-order chi connectivity index (χ1) is 7.29. The normalized spacial score (nSPS) is 11.2. The standard InChI is InChI=1S/C9H14N4O3/c1-9(2,3)16-6(14)4-13-5-11-12-7(10)8(13)15/h5H,4H2,1-3H3,(H2,10,12). The molecular formula is C9H14N4O3. The van der Waals surface area contributed by atoms with E-state index in [9.17, 15) is 9.59 Å². The Morgan fingerprint density at radius 1 is 1.56 bits per heavy atom. The maximum atomic E-state index is 11.4. The van der Waals surface area contributed by atoms with Crippen molar-refractivity contribution in [2.45, 2.75) is 32.9 Å². The first-order valence-corrected chi connectivity index (χ1v) is 4.69. The summed E-state index contributed by atoms with van der Waals surface area (Å²) in [7, 11) is 0. The van der Waals surface area contributed by atoms with E-state index in [1.165, 1.54) is 0 Å². The quantitative estimate of drug-likeness (QED) is 0.686. The molecule has 0 atom stereocenters. The van der Waals surface area contributed by atoms with Gasteiger partial charge in [0.15, 0.2) is 0 Å². The zero-order valence-corrected chi connectivity index (χ0v) is 9.43. The number of ether oxygens (including phenoxy) is 1. The molecule has 0 aliphatic heterocycles. The molecule has 7 heteroatoms. The minimum Gasteiger partial charge on any atom is -0.459 e. The molecule has 0 amide bonds. The van der Waals surface area contributed by atoms with E-state index in [-0.39, 0.29) is 12.4 Å². The fourth-order valence-electron chi connectivity index (χ4n) is 1.02. The van der Waals surface area contributed by atoms with Crippen molar-refractivity contribution < 1.29 is 9.53 Å². The number of nitrogens with two attached hydrogens (primary N) is 1. The SMILES string of the molecule is CC(C)(C)OC(=O)Cn1cnnc(N)c1=O. The molecule has 0 saturated carbocycles. The summed E-state index contributed by atoms with van der Waals surface area (Å²) in [5.41, 5.74) is 4.12. The summed E-state index contributed by atoms with van der Waals surface area (Å²) in [4.78, 5) is 22.8. The van der Waals surface area contributed by atoms with Crippen LogP contribution < -0.4 is 11.3 Å². The highest BCUT2D eigenvalue weighted by atomic mass is 16.6. The molecule has 0 radical (unpaired) electrons. The predicted octanol–water partition coefficient (Wildman–Crippen LogP) is -0.438. The lowest BCUT2D eigenvalue weighted by molar-refractivity contribution is -0.155. The molecule has 2 N–H and O–H groups in total. The van der Waals surface area contributed by atoms with Crippen molar-refractivity contribution in [1.82, 2.24) is 14.8 Å². The van der Waals surface area contributed by atoms with Crippen LogP contribution in [0.4, 0.5) is 5.82 Å². The van der Waals surface area contributed by atoms with Crippen LogP contribution in [0.1, 0.15) is 20.8 Å². The van der Waals surface area contributed by atoms with Crippen LogP contribution in [0.25, 0.3) is 0 Å². The average Bonchev–Trinajstić information content (AvgIpc) is 2.09. The Morgan fingerprint density at radius 3 is 2.75 bits per heavy atom. The molecule has 1 rings (SSSR count). The van der Waals surface area contributed by atoms with Crippen molar-refractivity contribution in [3.63, 3.8) is 0 Å². The highest BCUT2D eigenvalue weighted by Crippen LogP contribution is 2.07. The molecule has 0 spiro atoms. The topological polar surface area (TPSA) is 100 Å². The Hall–Kier alpha value is -1.92. The number of hydrogen-bond donors (Lipinski definition) is 1. The largest absolute Gasteiger partial charge is 0.459 e. The van der Waals surface area contributed by atoms with Crippen LogP contribution >= 0.6 is 0 Å². The monoisotopic (exact) mass is 226 g/mol. The molecule has 1 heterocycles. The first kappa shape index (κ1) is 12.2. The smallest absolute Gasteiger partial charge is 0.326 e. The van der Waals surface area contributed by atoms with Gasteiger partial charge < -0.3 is 10.5 Å². The number of carbonyl (C=O) groups excluding carboxylic acids is 1. The zero-order valence-electron chi connectivity index (χ0n) is 9.43. The van der Waals surface area contributed by atoms with Gasteiger partial charge in [0.05, 0.1) is 0 Å². The maximum absolute atomic E-state index is 11.4. The van der Waals surface area contributed by atoms with E-state index in [0.29, 0.717) is 0 Å². The Bertz CT molecular complexity index is 447. The van der Waals surface area contributed by atoms with E-state index in [0.717, 1.165) is 10.9 Å². The fourth-order valence-corrected chi connectivity index (χ4v) is 1.02. The van der Waals surface area contributed by atoms with E-state index in [4.69, 9.17) is 10.5 Å². The third kappa shape index (κ3) is 3.34. The molecule has 0 fully saturated rings. The number of esters is 1. The lowest BCUT2D eigenvalue weighted by Crippen LogP contribution is -2.32. The van der Waals surface area contributed by atoms with Crippen LogP contribution in [0.5, 0.6) is 0 Å². The van der Waals surface area contributed by atoms with E-state index >= 15 is 0 Å². The highest BCUT2D eigenvalue weighted by molar-refractivity contribution is 5.69. The minimum absolute atomic E-state index is 0.226. The van der Waals surface area contributed by atoms with Gasteiger partial charge in [-0.15, -0.1) is 10.2 Å². The van der Waals surface area contributed by atoms with E-state index < -0.39 is 17.1 Å². The summed E-state index contributed by atoms with van der Waals surface area (Å²) < 4.78 is 6.10. The number of aromatic nitrogens is 3. The molecule has 0 aliphatic rings. The molecule has 0 unspecified atom stereocenters. The van der Waals surface area contributed by atoms with Crippen LogP contribution in [0.15, 0.2) is 11.1 Å². The summed E-state index contributed by atoms with van der Waals surface area (Å²) in [5, 5.41) is 6.84. The summed E-state index contributed by atoms with van der Waals surface area (Å²) in [6, 6.07) is 0. The second-order valence-electron chi connectivity index (χ2n) is 4.24. The Morgan fingerprint density at radius 2 is 2.19 bits per heavy atom. The van der Waals surface area contributed by atoms with E-state index in [1.807, 2.05) is 0 Å². The number of nitrogen functional groups attached to an aromatic ring is 1. The van der Waals surface area contributed by atoms with Gasteiger partial charge in [-0.1, -0.05) is 0 Å². The second-order valence-corrected chi connectivity index (χ2v) is 4.24. The first-order valence-electron chi connectivity index (χ1n) is 4.69. The van der Waals surface area contributed by atoms with Gasteiger partial charge in [0, 0.05) is 0 Å². The third-order valence-corrected chi connectivity index (χ3v) is 1.56. The fraction of sp³-hybridized carbons (Fsp3) is 0.556. The Labute approximate surface area is 92.2 Å². The van der Waals surface area contributed by atoms with Crippen molar-refractivity contribution in [2.24, 2.45) is 0 Å². The maximum Gasteiger partial charge on any atom is 0.326 e. The van der Waals surface area contributed by atoms with Crippen molar-refractivity contribution in [1.29, 1.82) is 0 Å².